The molecule has 0 spiro atoms. The number of aliphatic hydroxyl groups is 1. The van der Waals surface area contributed by atoms with Crippen LogP contribution in [0, 0.1) is 0 Å². The fraction of sp³-hybridized carbons (Fsp3) is 1.00. The molecule has 0 aromatic carbocycles. The standard InChI is InChI=1S/C10H16F6O2/c1-5-6(2)18-7(3,4)8(17,9(11,12)13)10(14,15)16/h6,17H,5H2,1-4H3. The number of hydrogen-bond acceptors (Lipinski definition) is 2. The summed E-state index contributed by atoms with van der Waals surface area (Å²) in [4.78, 5) is 0. The molecule has 2 nitrogen and oxygen atoms in total. The topological polar surface area (TPSA) is 29.5 Å². The van der Waals surface area contributed by atoms with Crippen molar-refractivity contribution in [1.29, 1.82) is 0 Å². The fourth-order valence-corrected chi connectivity index (χ4v) is 1.51. The Hall–Kier alpha value is -0.500. The van der Waals surface area contributed by atoms with Gasteiger partial charge >= 0.3 is 12.4 Å². The van der Waals surface area contributed by atoms with Crippen LogP contribution in [-0.4, -0.2) is 34.8 Å². The highest BCUT2D eigenvalue weighted by Gasteiger charge is 2.77. The van der Waals surface area contributed by atoms with Gasteiger partial charge in [-0.25, -0.2) is 0 Å². The van der Waals surface area contributed by atoms with Crippen molar-refractivity contribution in [3.63, 3.8) is 0 Å². The Morgan fingerprint density at radius 3 is 1.56 bits per heavy atom. The first kappa shape index (κ1) is 17.5. The predicted molar refractivity (Wildman–Crippen MR) is 52.0 cm³/mol. The maximum absolute atomic E-state index is 12.6. The van der Waals surface area contributed by atoms with Gasteiger partial charge in [-0.1, -0.05) is 6.92 Å². The molecule has 8 heteroatoms. The molecule has 0 aliphatic carbocycles. The Balaban J connectivity index is 5.61. The first-order valence-electron chi connectivity index (χ1n) is 5.24. The van der Waals surface area contributed by atoms with Crippen LogP contribution in [0.5, 0.6) is 0 Å². The van der Waals surface area contributed by atoms with Crippen molar-refractivity contribution < 1.29 is 36.2 Å². The van der Waals surface area contributed by atoms with Gasteiger partial charge in [0.15, 0.2) is 0 Å². The first-order chi connectivity index (χ1) is 7.70. The smallest absolute Gasteiger partial charge is 0.371 e. The summed E-state index contributed by atoms with van der Waals surface area (Å²) in [5.74, 6) is 0. The van der Waals surface area contributed by atoms with E-state index in [2.05, 4.69) is 0 Å². The molecule has 0 aliphatic rings. The minimum Gasteiger partial charge on any atom is -0.371 e. The molecule has 1 unspecified atom stereocenters. The number of hydrogen-bond donors (Lipinski definition) is 1. The van der Waals surface area contributed by atoms with Gasteiger partial charge < -0.3 is 9.84 Å². The van der Waals surface area contributed by atoms with Crippen LogP contribution >= 0.6 is 0 Å². The second kappa shape index (κ2) is 4.88. The summed E-state index contributed by atoms with van der Waals surface area (Å²) in [7, 11) is 0. The molecule has 0 aromatic heterocycles. The summed E-state index contributed by atoms with van der Waals surface area (Å²) in [6.45, 7) is 4.01. The zero-order valence-corrected chi connectivity index (χ0v) is 10.4. The third-order valence-corrected chi connectivity index (χ3v) is 2.76. The fourth-order valence-electron chi connectivity index (χ4n) is 1.51. The lowest BCUT2D eigenvalue weighted by atomic mass is 9.83. The molecular formula is C10H16F6O2. The summed E-state index contributed by atoms with van der Waals surface area (Å²) >= 11 is 0. The Bertz CT molecular complexity index is 267. The Morgan fingerprint density at radius 1 is 1.00 bits per heavy atom. The molecule has 0 radical (unpaired) electrons. The van der Waals surface area contributed by atoms with Crippen LogP contribution in [-0.2, 0) is 4.74 Å². The van der Waals surface area contributed by atoms with E-state index in [0.717, 1.165) is 0 Å². The van der Waals surface area contributed by atoms with E-state index in [0.29, 0.717) is 13.8 Å². The van der Waals surface area contributed by atoms with E-state index in [1.807, 2.05) is 0 Å². The zero-order valence-electron chi connectivity index (χ0n) is 10.4. The van der Waals surface area contributed by atoms with Gasteiger partial charge in [0.2, 0.25) is 0 Å². The minimum atomic E-state index is -5.89. The van der Waals surface area contributed by atoms with Gasteiger partial charge in [-0.3, -0.25) is 0 Å². The number of alkyl halides is 6. The van der Waals surface area contributed by atoms with E-state index >= 15 is 0 Å². The van der Waals surface area contributed by atoms with E-state index < -0.39 is 29.7 Å². The minimum absolute atomic E-state index is 0.217. The van der Waals surface area contributed by atoms with Crippen molar-refractivity contribution in [2.24, 2.45) is 0 Å². The molecule has 0 amide bonds. The summed E-state index contributed by atoms with van der Waals surface area (Å²) in [6.07, 6.45) is -12.4. The molecule has 1 N–H and O–H groups in total. The van der Waals surface area contributed by atoms with Crippen molar-refractivity contribution in [3.05, 3.63) is 0 Å². The van der Waals surface area contributed by atoms with Gasteiger partial charge in [0.1, 0.15) is 5.60 Å². The second-order valence-electron chi connectivity index (χ2n) is 4.55. The molecule has 0 heterocycles. The molecule has 0 rings (SSSR count). The van der Waals surface area contributed by atoms with Crippen molar-refractivity contribution in [2.45, 2.75) is 63.8 Å². The lowest BCUT2D eigenvalue weighted by molar-refractivity contribution is -0.415. The maximum Gasteiger partial charge on any atom is 0.429 e. The molecule has 0 aromatic rings. The second-order valence-corrected chi connectivity index (χ2v) is 4.55. The van der Waals surface area contributed by atoms with Crippen molar-refractivity contribution in [2.75, 3.05) is 0 Å². The third kappa shape index (κ3) is 2.90. The van der Waals surface area contributed by atoms with Gasteiger partial charge in [-0.2, -0.15) is 26.3 Å². The summed E-state index contributed by atoms with van der Waals surface area (Å²) in [6, 6.07) is 0. The molecule has 0 aliphatic heterocycles. The molecule has 18 heavy (non-hydrogen) atoms. The highest BCUT2D eigenvalue weighted by molar-refractivity contribution is 5.06. The van der Waals surface area contributed by atoms with E-state index in [4.69, 9.17) is 4.74 Å². The van der Waals surface area contributed by atoms with Gasteiger partial charge in [0.25, 0.3) is 5.60 Å². The molecule has 110 valence electrons. The van der Waals surface area contributed by atoms with Crippen LogP contribution in [0.2, 0.25) is 0 Å². The lowest BCUT2D eigenvalue weighted by Crippen LogP contribution is -2.70. The average Bonchev–Trinajstić information content (AvgIpc) is 2.11. The van der Waals surface area contributed by atoms with Crippen LogP contribution in [0.25, 0.3) is 0 Å². The van der Waals surface area contributed by atoms with E-state index in [1.165, 1.54) is 6.92 Å². The maximum atomic E-state index is 12.6. The number of rotatable bonds is 4. The van der Waals surface area contributed by atoms with Crippen LogP contribution in [0.4, 0.5) is 26.3 Å². The monoisotopic (exact) mass is 282 g/mol. The van der Waals surface area contributed by atoms with Crippen LogP contribution in [0.1, 0.15) is 34.1 Å². The van der Waals surface area contributed by atoms with Gasteiger partial charge in [-0.15, -0.1) is 0 Å². The highest BCUT2D eigenvalue weighted by Crippen LogP contribution is 2.50. The third-order valence-electron chi connectivity index (χ3n) is 2.76. The number of halogens is 6. The summed E-state index contributed by atoms with van der Waals surface area (Å²) in [5.41, 5.74) is -7.77. The Morgan fingerprint density at radius 2 is 1.33 bits per heavy atom. The van der Waals surface area contributed by atoms with E-state index in [9.17, 15) is 31.4 Å². The van der Waals surface area contributed by atoms with Crippen molar-refractivity contribution in [1.82, 2.24) is 0 Å². The summed E-state index contributed by atoms with van der Waals surface area (Å²) in [5, 5.41) is 9.18. The molecular weight excluding hydrogens is 266 g/mol. The van der Waals surface area contributed by atoms with E-state index in [-0.39, 0.29) is 6.42 Å². The first-order valence-corrected chi connectivity index (χ1v) is 5.24. The molecule has 0 fully saturated rings. The van der Waals surface area contributed by atoms with Crippen LogP contribution < -0.4 is 0 Å². The van der Waals surface area contributed by atoms with Gasteiger partial charge in [-0.05, 0) is 27.2 Å². The Kier molecular flexibility index (Phi) is 4.74. The van der Waals surface area contributed by atoms with E-state index in [1.54, 1.807) is 6.92 Å². The quantitative estimate of drug-likeness (QED) is 0.800. The lowest BCUT2D eigenvalue weighted by Gasteiger charge is -2.44. The molecule has 0 saturated carbocycles. The molecule has 0 bridgehead atoms. The average molecular weight is 282 g/mol. The Labute approximate surface area is 101 Å². The highest BCUT2D eigenvalue weighted by atomic mass is 19.4. The number of ether oxygens (including phenoxy) is 1. The van der Waals surface area contributed by atoms with Crippen LogP contribution in [0.15, 0.2) is 0 Å². The largest absolute Gasteiger partial charge is 0.429 e. The summed E-state index contributed by atoms with van der Waals surface area (Å²) < 4.78 is 80.3. The van der Waals surface area contributed by atoms with Gasteiger partial charge in [0, 0.05) is 0 Å². The molecule has 0 saturated heterocycles. The van der Waals surface area contributed by atoms with Crippen molar-refractivity contribution >= 4 is 0 Å². The van der Waals surface area contributed by atoms with Crippen molar-refractivity contribution in [3.8, 4) is 0 Å². The normalized spacial score (nSPS) is 16.8. The van der Waals surface area contributed by atoms with Gasteiger partial charge in [0.05, 0.1) is 6.10 Å². The van der Waals surface area contributed by atoms with Crippen LogP contribution in [0.3, 0.4) is 0 Å². The SMILES string of the molecule is CCC(C)OC(C)(C)C(O)(C(F)(F)F)C(F)(F)F. The predicted octanol–water partition coefficient (Wildman–Crippen LogP) is 3.44. The molecule has 1 atom stereocenters. The zero-order chi connectivity index (χ0) is 15.0.